The molecule has 98 valence electrons. The highest BCUT2D eigenvalue weighted by atomic mass is 35.5. The summed E-state index contributed by atoms with van der Waals surface area (Å²) in [5.41, 5.74) is -0.428. The lowest BCUT2D eigenvalue weighted by Crippen LogP contribution is -2.30. The summed E-state index contributed by atoms with van der Waals surface area (Å²) < 4.78 is 0. The minimum Gasteiger partial charge on any atom is -0.392 e. The highest BCUT2D eigenvalue weighted by Gasteiger charge is 2.20. The third kappa shape index (κ3) is 3.56. The molecular weight excluding hydrogens is 283 g/mol. The number of aliphatic hydroxyl groups excluding tert-OH is 1. The molecule has 18 heavy (non-hydrogen) atoms. The van der Waals surface area contributed by atoms with Gasteiger partial charge in [0.05, 0.1) is 16.0 Å². The van der Waals surface area contributed by atoms with Crippen molar-refractivity contribution in [1.82, 2.24) is 5.32 Å². The zero-order valence-electron chi connectivity index (χ0n) is 9.31. The van der Waals surface area contributed by atoms with Crippen LogP contribution in [-0.4, -0.2) is 28.6 Å². The molecule has 1 aromatic carbocycles. The molecule has 1 amide bonds. The molecule has 0 unspecified atom stereocenters. The molecule has 2 N–H and O–H groups in total. The van der Waals surface area contributed by atoms with Gasteiger partial charge in [0.2, 0.25) is 0 Å². The maximum Gasteiger partial charge on any atom is 0.290 e. The Morgan fingerprint density at radius 3 is 2.67 bits per heavy atom. The third-order valence-electron chi connectivity index (χ3n) is 2.03. The molecule has 0 heterocycles. The Morgan fingerprint density at radius 1 is 1.56 bits per heavy atom. The van der Waals surface area contributed by atoms with Crippen molar-refractivity contribution in [1.29, 1.82) is 0 Å². The Labute approximate surface area is 113 Å². The van der Waals surface area contributed by atoms with E-state index in [1.807, 2.05) is 0 Å². The predicted molar refractivity (Wildman–Crippen MR) is 67.1 cm³/mol. The third-order valence-corrected chi connectivity index (χ3v) is 2.82. The van der Waals surface area contributed by atoms with E-state index in [-0.39, 0.29) is 22.2 Å². The zero-order chi connectivity index (χ0) is 13.9. The summed E-state index contributed by atoms with van der Waals surface area (Å²) in [5, 5.41) is 21.8. The number of hydrogen-bond donors (Lipinski definition) is 2. The van der Waals surface area contributed by atoms with Gasteiger partial charge >= 0.3 is 0 Å². The summed E-state index contributed by atoms with van der Waals surface area (Å²) in [7, 11) is 0. The molecule has 0 spiro atoms. The normalized spacial score (nSPS) is 12.0. The topological polar surface area (TPSA) is 92.5 Å². The van der Waals surface area contributed by atoms with E-state index in [0.29, 0.717) is 0 Å². The highest BCUT2D eigenvalue weighted by Crippen LogP contribution is 2.32. The Hall–Kier alpha value is -1.37. The molecule has 0 fully saturated rings. The molecule has 0 bridgehead atoms. The Balaban J connectivity index is 3.03. The lowest BCUT2D eigenvalue weighted by molar-refractivity contribution is -0.384. The van der Waals surface area contributed by atoms with Gasteiger partial charge in [0, 0.05) is 18.2 Å². The number of carbonyl (C=O) groups excluding carboxylic acids is 1. The number of nitro benzene ring substituents is 1. The van der Waals surface area contributed by atoms with Crippen LogP contribution in [0.2, 0.25) is 10.0 Å². The molecular formula is C10H10Cl2N2O4. The largest absolute Gasteiger partial charge is 0.392 e. The first-order valence-electron chi connectivity index (χ1n) is 4.92. The van der Waals surface area contributed by atoms with E-state index in [1.165, 1.54) is 13.0 Å². The van der Waals surface area contributed by atoms with Crippen LogP contribution in [-0.2, 0) is 0 Å². The van der Waals surface area contributed by atoms with Crippen LogP contribution in [0.1, 0.15) is 17.3 Å². The molecule has 0 saturated heterocycles. The molecule has 0 aliphatic rings. The van der Waals surface area contributed by atoms with Crippen molar-refractivity contribution in [2.24, 2.45) is 0 Å². The van der Waals surface area contributed by atoms with Crippen LogP contribution < -0.4 is 5.32 Å². The van der Waals surface area contributed by atoms with Crippen LogP contribution in [0.5, 0.6) is 0 Å². The van der Waals surface area contributed by atoms with Gasteiger partial charge in [-0.05, 0) is 13.0 Å². The summed E-state index contributed by atoms with van der Waals surface area (Å²) in [5.74, 6) is -0.572. The number of nitrogens with zero attached hydrogens (tertiary/aromatic N) is 1. The molecule has 6 nitrogen and oxygen atoms in total. The summed E-state index contributed by atoms with van der Waals surface area (Å²) in [6.45, 7) is 1.53. The van der Waals surface area contributed by atoms with Gasteiger partial charge in [0.25, 0.3) is 11.6 Å². The van der Waals surface area contributed by atoms with Gasteiger partial charge in [-0.3, -0.25) is 14.9 Å². The Kier molecular flexibility index (Phi) is 4.89. The van der Waals surface area contributed by atoms with E-state index in [0.717, 1.165) is 6.07 Å². The standard InChI is InChI=1S/C10H10Cl2N2O4/c1-5(15)4-13-10(16)6-2-7(11)9(12)8(3-6)14(17)18/h2-3,5,15H,4H2,1H3,(H,13,16)/t5-/m1/s1. The van der Waals surface area contributed by atoms with Gasteiger partial charge in [-0.1, -0.05) is 23.2 Å². The van der Waals surface area contributed by atoms with Crippen LogP contribution in [0.3, 0.4) is 0 Å². The van der Waals surface area contributed by atoms with Crippen LogP contribution in [0.15, 0.2) is 12.1 Å². The van der Waals surface area contributed by atoms with E-state index in [2.05, 4.69) is 5.32 Å². The summed E-state index contributed by atoms with van der Waals surface area (Å²) >= 11 is 11.4. The number of halogens is 2. The second kappa shape index (κ2) is 5.99. The minimum atomic E-state index is -0.723. The van der Waals surface area contributed by atoms with Crippen molar-refractivity contribution in [3.63, 3.8) is 0 Å². The maximum absolute atomic E-state index is 11.6. The van der Waals surface area contributed by atoms with E-state index in [1.54, 1.807) is 0 Å². The number of nitro groups is 1. The first-order chi connectivity index (χ1) is 8.32. The van der Waals surface area contributed by atoms with Crippen molar-refractivity contribution in [2.75, 3.05) is 6.54 Å². The Morgan fingerprint density at radius 2 is 2.17 bits per heavy atom. The van der Waals surface area contributed by atoms with Crippen LogP contribution in [0, 0.1) is 10.1 Å². The van der Waals surface area contributed by atoms with Crippen molar-refractivity contribution in [3.8, 4) is 0 Å². The number of carbonyl (C=O) groups is 1. The average molecular weight is 293 g/mol. The van der Waals surface area contributed by atoms with E-state index in [9.17, 15) is 14.9 Å². The quantitative estimate of drug-likeness (QED) is 0.656. The average Bonchev–Trinajstić information content (AvgIpc) is 2.28. The second-order valence-corrected chi connectivity index (χ2v) is 4.39. The van der Waals surface area contributed by atoms with Crippen LogP contribution in [0.25, 0.3) is 0 Å². The summed E-state index contributed by atoms with van der Waals surface area (Å²) in [4.78, 5) is 21.6. The lowest BCUT2D eigenvalue weighted by atomic mass is 10.2. The first kappa shape index (κ1) is 14.7. The first-order valence-corrected chi connectivity index (χ1v) is 5.68. The number of amides is 1. The van der Waals surface area contributed by atoms with Crippen molar-refractivity contribution < 1.29 is 14.8 Å². The van der Waals surface area contributed by atoms with Crippen LogP contribution in [0.4, 0.5) is 5.69 Å². The van der Waals surface area contributed by atoms with E-state index < -0.39 is 22.6 Å². The monoisotopic (exact) mass is 292 g/mol. The maximum atomic E-state index is 11.6. The second-order valence-electron chi connectivity index (χ2n) is 3.61. The van der Waals surface area contributed by atoms with Crippen LogP contribution >= 0.6 is 23.2 Å². The fraction of sp³-hybridized carbons (Fsp3) is 0.300. The van der Waals surface area contributed by atoms with Crippen molar-refractivity contribution in [3.05, 3.63) is 37.9 Å². The SMILES string of the molecule is C[C@@H](O)CNC(=O)c1cc(Cl)c(Cl)c([N+](=O)[O-])c1. The lowest BCUT2D eigenvalue weighted by Gasteiger charge is -2.08. The highest BCUT2D eigenvalue weighted by molar-refractivity contribution is 6.43. The van der Waals surface area contributed by atoms with Gasteiger partial charge in [0.1, 0.15) is 5.02 Å². The van der Waals surface area contributed by atoms with E-state index in [4.69, 9.17) is 28.3 Å². The van der Waals surface area contributed by atoms with Gasteiger partial charge in [-0.15, -0.1) is 0 Å². The molecule has 0 aromatic heterocycles. The van der Waals surface area contributed by atoms with Gasteiger partial charge in [-0.25, -0.2) is 0 Å². The van der Waals surface area contributed by atoms with Gasteiger partial charge in [0.15, 0.2) is 0 Å². The fourth-order valence-corrected chi connectivity index (χ4v) is 1.57. The zero-order valence-corrected chi connectivity index (χ0v) is 10.8. The number of benzene rings is 1. The number of hydrogen-bond acceptors (Lipinski definition) is 4. The smallest absolute Gasteiger partial charge is 0.290 e. The van der Waals surface area contributed by atoms with E-state index >= 15 is 0 Å². The predicted octanol–water partition coefficient (Wildman–Crippen LogP) is 2.01. The van der Waals surface area contributed by atoms with Crippen molar-refractivity contribution >= 4 is 34.8 Å². The summed E-state index contributed by atoms with van der Waals surface area (Å²) in [6.07, 6.45) is -0.716. The minimum absolute atomic E-state index is 0.0109. The molecule has 1 atom stereocenters. The fourth-order valence-electron chi connectivity index (χ4n) is 1.18. The number of nitrogens with one attached hydrogen (secondary N) is 1. The molecule has 1 rings (SSSR count). The number of aliphatic hydroxyl groups is 1. The van der Waals surface area contributed by atoms with Crippen molar-refractivity contribution in [2.45, 2.75) is 13.0 Å². The number of rotatable bonds is 4. The molecule has 8 heteroatoms. The molecule has 1 aromatic rings. The molecule has 0 radical (unpaired) electrons. The molecule has 0 aliphatic heterocycles. The molecule has 0 saturated carbocycles. The Bertz CT molecular complexity index is 491. The molecule has 0 aliphatic carbocycles. The van der Waals surface area contributed by atoms with Gasteiger partial charge < -0.3 is 10.4 Å². The van der Waals surface area contributed by atoms with Gasteiger partial charge in [-0.2, -0.15) is 0 Å². The summed E-state index contributed by atoms with van der Waals surface area (Å²) in [6, 6.07) is 2.26.